The second-order valence-electron chi connectivity index (χ2n) is 7.07. The predicted octanol–water partition coefficient (Wildman–Crippen LogP) is 4.08. The van der Waals surface area contributed by atoms with Gasteiger partial charge in [0.1, 0.15) is 0 Å². The maximum atomic E-state index is 12.8. The molecule has 1 amide bonds. The summed E-state index contributed by atoms with van der Waals surface area (Å²) in [5.74, 6) is -0.963. The molecule has 0 radical (unpaired) electrons. The molecule has 0 spiro atoms. The number of hydrogen-bond acceptors (Lipinski definition) is 3. The Labute approximate surface area is 177 Å². The minimum Gasteiger partial charge on any atom is -0.352 e. The summed E-state index contributed by atoms with van der Waals surface area (Å²) in [7, 11) is -3.76. The molecule has 5 nitrogen and oxygen atoms in total. The number of carbonyl (C=O) groups excluding carboxylic acids is 1. The first-order chi connectivity index (χ1) is 14.1. The van der Waals surface area contributed by atoms with Gasteiger partial charge in [-0.05, 0) is 54.8 Å². The minimum absolute atomic E-state index is 0.0133. The molecule has 30 heavy (non-hydrogen) atoms. The number of amides is 1. The number of rotatable bonds is 5. The zero-order valence-electron chi connectivity index (χ0n) is 15.8. The lowest BCUT2D eigenvalue weighted by Gasteiger charge is -2.31. The van der Waals surface area contributed by atoms with Crippen molar-refractivity contribution in [3.05, 3.63) is 64.7 Å². The summed E-state index contributed by atoms with van der Waals surface area (Å²) in [4.78, 5) is 12.6. The zero-order chi connectivity index (χ0) is 21.9. The zero-order valence-corrected chi connectivity index (χ0v) is 17.4. The van der Waals surface area contributed by atoms with Crippen LogP contribution in [0.15, 0.2) is 53.4 Å². The Balaban J connectivity index is 1.64. The number of sulfonamides is 1. The molecule has 1 N–H and O–H groups in total. The maximum absolute atomic E-state index is 12.8. The van der Waals surface area contributed by atoms with Gasteiger partial charge in [-0.15, -0.1) is 0 Å². The first kappa shape index (κ1) is 22.6. The Kier molecular flexibility index (Phi) is 6.74. The number of nitrogens with one attached hydrogen (secondary N) is 1. The van der Waals surface area contributed by atoms with Crippen LogP contribution in [0.3, 0.4) is 0 Å². The van der Waals surface area contributed by atoms with Crippen LogP contribution in [0, 0.1) is 5.92 Å². The number of carbonyl (C=O) groups is 1. The van der Waals surface area contributed by atoms with Gasteiger partial charge in [-0.2, -0.15) is 17.5 Å². The van der Waals surface area contributed by atoms with E-state index < -0.39 is 27.7 Å². The normalized spacial score (nSPS) is 18.2. The Morgan fingerprint density at radius 2 is 1.87 bits per heavy atom. The molecule has 0 bridgehead atoms. The Morgan fingerprint density at radius 1 is 1.17 bits per heavy atom. The van der Waals surface area contributed by atoms with Gasteiger partial charge >= 0.3 is 6.18 Å². The third kappa shape index (κ3) is 5.33. The lowest BCUT2D eigenvalue weighted by molar-refractivity contribution is -0.137. The highest BCUT2D eigenvalue weighted by Crippen LogP contribution is 2.29. The van der Waals surface area contributed by atoms with Crippen molar-refractivity contribution in [2.75, 3.05) is 13.1 Å². The van der Waals surface area contributed by atoms with Crippen LogP contribution < -0.4 is 5.32 Å². The van der Waals surface area contributed by atoms with E-state index in [0.29, 0.717) is 30.0 Å². The molecule has 10 heteroatoms. The van der Waals surface area contributed by atoms with Gasteiger partial charge in [0.05, 0.1) is 16.4 Å². The van der Waals surface area contributed by atoms with E-state index in [-0.39, 0.29) is 23.9 Å². The number of piperidine rings is 1. The molecule has 1 atom stereocenters. The average molecular weight is 461 g/mol. The average Bonchev–Trinajstić information content (AvgIpc) is 2.72. The van der Waals surface area contributed by atoms with Crippen LogP contribution in [-0.4, -0.2) is 31.7 Å². The first-order valence-electron chi connectivity index (χ1n) is 9.27. The van der Waals surface area contributed by atoms with E-state index in [1.54, 1.807) is 0 Å². The summed E-state index contributed by atoms with van der Waals surface area (Å²) in [6, 6.07) is 10.5. The monoisotopic (exact) mass is 460 g/mol. The molecule has 162 valence electrons. The van der Waals surface area contributed by atoms with E-state index in [1.165, 1.54) is 40.7 Å². The number of alkyl halides is 3. The third-order valence-electron chi connectivity index (χ3n) is 4.93. The fourth-order valence-electron chi connectivity index (χ4n) is 3.32. The van der Waals surface area contributed by atoms with Gasteiger partial charge in [0.2, 0.25) is 15.9 Å². The molecule has 2 aromatic rings. The molecule has 1 aliphatic rings. The molecule has 1 saturated heterocycles. The summed E-state index contributed by atoms with van der Waals surface area (Å²) in [6.07, 6.45) is -3.45. The van der Waals surface area contributed by atoms with Crippen LogP contribution in [0.4, 0.5) is 13.2 Å². The molecular weight excluding hydrogens is 441 g/mol. The molecule has 0 saturated carbocycles. The summed E-state index contributed by atoms with van der Waals surface area (Å²) < 4.78 is 65.4. The van der Waals surface area contributed by atoms with Crippen LogP contribution in [0.1, 0.15) is 24.0 Å². The highest BCUT2D eigenvalue weighted by molar-refractivity contribution is 7.89. The van der Waals surface area contributed by atoms with Crippen molar-refractivity contribution in [1.82, 2.24) is 9.62 Å². The summed E-state index contributed by atoms with van der Waals surface area (Å²) in [5, 5.41) is 3.04. The summed E-state index contributed by atoms with van der Waals surface area (Å²) >= 11 is 5.81. The fraction of sp³-hybridized carbons (Fsp3) is 0.350. The molecule has 3 rings (SSSR count). The van der Waals surface area contributed by atoms with E-state index >= 15 is 0 Å². The van der Waals surface area contributed by atoms with Crippen LogP contribution in [0.25, 0.3) is 0 Å². The second kappa shape index (κ2) is 8.95. The highest BCUT2D eigenvalue weighted by Gasteiger charge is 2.33. The second-order valence-corrected chi connectivity index (χ2v) is 9.45. The SMILES string of the molecule is O=C(NCc1cccc(C(F)(F)F)c1)[C@@H]1CCCN(S(=O)(=O)c2ccc(Cl)cc2)C1. The van der Waals surface area contributed by atoms with Gasteiger partial charge in [0.25, 0.3) is 0 Å². The topological polar surface area (TPSA) is 66.5 Å². The van der Waals surface area contributed by atoms with E-state index in [2.05, 4.69) is 5.32 Å². The van der Waals surface area contributed by atoms with Crippen molar-refractivity contribution in [2.45, 2.75) is 30.5 Å². The first-order valence-corrected chi connectivity index (χ1v) is 11.1. The highest BCUT2D eigenvalue weighted by atomic mass is 35.5. The van der Waals surface area contributed by atoms with E-state index in [1.807, 2.05) is 0 Å². The summed E-state index contributed by atoms with van der Waals surface area (Å²) in [5.41, 5.74) is -0.466. The standard InChI is InChI=1S/C20H20ClF3N2O3S/c21-17-6-8-18(9-7-17)30(28,29)26-10-2-4-15(13-26)19(27)25-12-14-3-1-5-16(11-14)20(22,23)24/h1,3,5-9,11,15H,2,4,10,12-13H2,(H,25,27)/t15-/m1/s1. The van der Waals surface area contributed by atoms with Crippen molar-refractivity contribution in [2.24, 2.45) is 5.92 Å². The number of halogens is 4. The van der Waals surface area contributed by atoms with Crippen LogP contribution >= 0.6 is 11.6 Å². The van der Waals surface area contributed by atoms with Crippen molar-refractivity contribution < 1.29 is 26.4 Å². The Morgan fingerprint density at radius 3 is 2.53 bits per heavy atom. The van der Waals surface area contributed by atoms with E-state index in [9.17, 15) is 26.4 Å². The van der Waals surface area contributed by atoms with Gasteiger partial charge in [-0.1, -0.05) is 23.7 Å². The van der Waals surface area contributed by atoms with Crippen LogP contribution in [0.2, 0.25) is 5.02 Å². The summed E-state index contributed by atoms with van der Waals surface area (Å²) in [6.45, 7) is 0.241. The van der Waals surface area contributed by atoms with Crippen LogP contribution in [0.5, 0.6) is 0 Å². The molecule has 0 aromatic heterocycles. The van der Waals surface area contributed by atoms with Crippen molar-refractivity contribution >= 4 is 27.5 Å². The van der Waals surface area contributed by atoms with E-state index in [4.69, 9.17) is 11.6 Å². The molecule has 1 fully saturated rings. The van der Waals surface area contributed by atoms with Crippen molar-refractivity contribution in [3.8, 4) is 0 Å². The molecule has 2 aromatic carbocycles. The van der Waals surface area contributed by atoms with Gasteiger partial charge in [0, 0.05) is 24.7 Å². The van der Waals surface area contributed by atoms with Gasteiger partial charge in [0.15, 0.2) is 0 Å². The molecule has 1 heterocycles. The van der Waals surface area contributed by atoms with E-state index in [0.717, 1.165) is 12.1 Å². The predicted molar refractivity (Wildman–Crippen MR) is 106 cm³/mol. The van der Waals surface area contributed by atoms with Crippen molar-refractivity contribution in [3.63, 3.8) is 0 Å². The lowest BCUT2D eigenvalue weighted by atomic mass is 9.98. The third-order valence-corrected chi connectivity index (χ3v) is 7.06. The van der Waals surface area contributed by atoms with Gasteiger partial charge in [-0.3, -0.25) is 4.79 Å². The van der Waals surface area contributed by atoms with Crippen LogP contribution in [-0.2, 0) is 27.5 Å². The van der Waals surface area contributed by atoms with Gasteiger partial charge < -0.3 is 5.32 Å². The number of hydrogen-bond donors (Lipinski definition) is 1. The minimum atomic E-state index is -4.46. The van der Waals surface area contributed by atoms with Crippen molar-refractivity contribution in [1.29, 1.82) is 0 Å². The number of benzene rings is 2. The number of nitrogens with zero attached hydrogens (tertiary/aromatic N) is 1. The maximum Gasteiger partial charge on any atom is 0.416 e. The Hall–Kier alpha value is -2.10. The fourth-order valence-corrected chi connectivity index (χ4v) is 4.97. The van der Waals surface area contributed by atoms with Gasteiger partial charge in [-0.25, -0.2) is 8.42 Å². The molecule has 0 aliphatic carbocycles. The molecule has 1 aliphatic heterocycles. The smallest absolute Gasteiger partial charge is 0.352 e. The Bertz CT molecular complexity index is 1010. The molecular formula is C20H20ClF3N2O3S. The lowest BCUT2D eigenvalue weighted by Crippen LogP contribution is -2.45. The molecule has 0 unspecified atom stereocenters. The quantitative estimate of drug-likeness (QED) is 0.731. The largest absolute Gasteiger partial charge is 0.416 e.